The lowest BCUT2D eigenvalue weighted by atomic mass is 10.2. The van der Waals surface area contributed by atoms with Gasteiger partial charge in [-0.15, -0.1) is 0 Å². The molecule has 15 heavy (non-hydrogen) atoms. The fourth-order valence-electron chi connectivity index (χ4n) is 0.869. The second-order valence-electron chi connectivity index (χ2n) is 3.36. The predicted molar refractivity (Wildman–Crippen MR) is 53.7 cm³/mol. The second kappa shape index (κ2) is 6.01. The van der Waals surface area contributed by atoms with Crippen LogP contribution in [0.4, 0.5) is 0 Å². The number of rotatable bonds is 7. The molecule has 0 aliphatic carbocycles. The van der Waals surface area contributed by atoms with Crippen molar-refractivity contribution in [3.05, 3.63) is 0 Å². The summed E-state index contributed by atoms with van der Waals surface area (Å²) in [6.45, 7) is 1.82. The summed E-state index contributed by atoms with van der Waals surface area (Å²) < 4.78 is 29.1. The summed E-state index contributed by atoms with van der Waals surface area (Å²) in [6, 6.07) is 0. The van der Waals surface area contributed by atoms with E-state index in [1.54, 1.807) is 6.92 Å². The average Bonchev–Trinajstić information content (AvgIpc) is 2.00. The van der Waals surface area contributed by atoms with Gasteiger partial charge in [0.05, 0.1) is 6.10 Å². The van der Waals surface area contributed by atoms with E-state index in [-0.39, 0.29) is 13.1 Å². The minimum Gasteiger partial charge on any atom is -0.391 e. The summed E-state index contributed by atoms with van der Waals surface area (Å²) in [6.07, 6.45) is -1.21. The van der Waals surface area contributed by atoms with Crippen LogP contribution >= 0.6 is 0 Å². The van der Waals surface area contributed by atoms with Crippen LogP contribution in [-0.4, -0.2) is 48.9 Å². The molecule has 0 radical (unpaired) electrons. The molecule has 0 bridgehead atoms. The standard InChI is InChI=1S/C7H16N2O5S/c1-5(7(8)11)2-9-3-6(10)4-15(12,13)14/h5-6,9-10H,2-4H2,1H3,(H2,8,11)(H,12,13,14). The third kappa shape index (κ3) is 8.30. The van der Waals surface area contributed by atoms with E-state index in [2.05, 4.69) is 5.32 Å². The summed E-state index contributed by atoms with van der Waals surface area (Å²) in [4.78, 5) is 10.6. The van der Waals surface area contributed by atoms with Crippen molar-refractivity contribution in [2.45, 2.75) is 13.0 Å². The van der Waals surface area contributed by atoms with Crippen LogP contribution < -0.4 is 11.1 Å². The van der Waals surface area contributed by atoms with Crippen LogP contribution in [0.25, 0.3) is 0 Å². The monoisotopic (exact) mass is 240 g/mol. The Morgan fingerprint density at radius 1 is 1.47 bits per heavy atom. The first kappa shape index (κ1) is 14.3. The second-order valence-corrected chi connectivity index (χ2v) is 4.86. The first-order valence-corrected chi connectivity index (χ1v) is 5.96. The van der Waals surface area contributed by atoms with Crippen LogP contribution in [-0.2, 0) is 14.9 Å². The SMILES string of the molecule is CC(CNCC(O)CS(=O)(=O)O)C(N)=O. The van der Waals surface area contributed by atoms with Gasteiger partial charge in [0, 0.05) is 19.0 Å². The van der Waals surface area contributed by atoms with Crippen LogP contribution in [0.2, 0.25) is 0 Å². The maximum absolute atomic E-state index is 10.6. The minimum absolute atomic E-state index is 0.0303. The highest BCUT2D eigenvalue weighted by Crippen LogP contribution is 1.92. The highest BCUT2D eigenvalue weighted by Gasteiger charge is 2.14. The van der Waals surface area contributed by atoms with Crippen molar-refractivity contribution in [3.8, 4) is 0 Å². The van der Waals surface area contributed by atoms with Gasteiger partial charge in [0.1, 0.15) is 5.75 Å². The number of hydrogen-bond donors (Lipinski definition) is 4. The fraction of sp³-hybridized carbons (Fsp3) is 0.857. The molecule has 0 heterocycles. The van der Waals surface area contributed by atoms with Gasteiger partial charge in [0.15, 0.2) is 0 Å². The largest absolute Gasteiger partial charge is 0.391 e. The molecular weight excluding hydrogens is 224 g/mol. The number of nitrogens with one attached hydrogen (secondary N) is 1. The van der Waals surface area contributed by atoms with Gasteiger partial charge in [-0.05, 0) is 0 Å². The van der Waals surface area contributed by atoms with Crippen molar-refractivity contribution in [3.63, 3.8) is 0 Å². The molecule has 0 aliphatic rings. The van der Waals surface area contributed by atoms with Crippen molar-refractivity contribution in [1.82, 2.24) is 5.32 Å². The van der Waals surface area contributed by atoms with Crippen molar-refractivity contribution in [2.24, 2.45) is 11.7 Å². The number of carbonyl (C=O) groups is 1. The lowest BCUT2D eigenvalue weighted by Crippen LogP contribution is -2.37. The molecule has 5 N–H and O–H groups in total. The molecule has 0 spiro atoms. The van der Waals surface area contributed by atoms with Crippen LogP contribution in [0.5, 0.6) is 0 Å². The molecule has 8 heteroatoms. The number of amides is 1. The van der Waals surface area contributed by atoms with Gasteiger partial charge < -0.3 is 16.2 Å². The summed E-state index contributed by atoms with van der Waals surface area (Å²) in [5.41, 5.74) is 4.98. The highest BCUT2D eigenvalue weighted by molar-refractivity contribution is 7.85. The summed E-state index contributed by atoms with van der Waals surface area (Å²) in [7, 11) is -4.17. The molecule has 1 amide bonds. The summed E-state index contributed by atoms with van der Waals surface area (Å²) in [5, 5.41) is 11.8. The van der Waals surface area contributed by atoms with E-state index < -0.39 is 33.8 Å². The minimum atomic E-state index is -4.17. The van der Waals surface area contributed by atoms with Crippen LogP contribution in [0.3, 0.4) is 0 Å². The smallest absolute Gasteiger partial charge is 0.267 e. The van der Waals surface area contributed by atoms with Gasteiger partial charge in [-0.25, -0.2) is 0 Å². The molecule has 7 nitrogen and oxygen atoms in total. The number of nitrogens with two attached hydrogens (primary N) is 1. The van der Waals surface area contributed by atoms with Gasteiger partial charge in [0.2, 0.25) is 5.91 Å². The zero-order valence-electron chi connectivity index (χ0n) is 8.38. The van der Waals surface area contributed by atoms with Gasteiger partial charge >= 0.3 is 0 Å². The number of primary amides is 1. The zero-order valence-corrected chi connectivity index (χ0v) is 9.20. The summed E-state index contributed by atoms with van der Waals surface area (Å²) in [5.74, 6) is -1.61. The Balaban J connectivity index is 3.73. The third-order valence-corrected chi connectivity index (χ3v) is 2.53. The first-order valence-electron chi connectivity index (χ1n) is 4.35. The van der Waals surface area contributed by atoms with Crippen molar-refractivity contribution in [1.29, 1.82) is 0 Å². The van der Waals surface area contributed by atoms with E-state index >= 15 is 0 Å². The Labute approximate surface area is 88.4 Å². The Hall–Kier alpha value is -0.700. The topological polar surface area (TPSA) is 130 Å². The van der Waals surface area contributed by atoms with E-state index in [0.717, 1.165) is 0 Å². The lowest BCUT2D eigenvalue weighted by molar-refractivity contribution is -0.121. The van der Waals surface area contributed by atoms with Gasteiger partial charge in [0.25, 0.3) is 10.1 Å². The number of carbonyl (C=O) groups excluding carboxylic acids is 1. The first-order chi connectivity index (χ1) is 6.72. The van der Waals surface area contributed by atoms with Gasteiger partial charge in [-0.1, -0.05) is 6.92 Å². The molecule has 0 aliphatic heterocycles. The van der Waals surface area contributed by atoms with E-state index in [1.165, 1.54) is 0 Å². The van der Waals surface area contributed by atoms with E-state index in [9.17, 15) is 13.2 Å². The van der Waals surface area contributed by atoms with E-state index in [0.29, 0.717) is 0 Å². The zero-order chi connectivity index (χ0) is 12.1. The number of hydrogen-bond acceptors (Lipinski definition) is 5. The maximum Gasteiger partial charge on any atom is 0.267 e. The van der Waals surface area contributed by atoms with Crippen molar-refractivity contribution in [2.75, 3.05) is 18.8 Å². The Morgan fingerprint density at radius 3 is 2.40 bits per heavy atom. The molecule has 0 aromatic heterocycles. The molecule has 0 saturated carbocycles. The predicted octanol–water partition coefficient (Wildman–Crippen LogP) is -2.05. The molecular formula is C7H16N2O5S. The normalized spacial score (nSPS) is 15.9. The van der Waals surface area contributed by atoms with Crippen LogP contribution in [0, 0.1) is 5.92 Å². The van der Waals surface area contributed by atoms with Crippen molar-refractivity contribution < 1.29 is 22.9 Å². The third-order valence-electron chi connectivity index (χ3n) is 1.72. The maximum atomic E-state index is 10.6. The number of aliphatic hydroxyl groups is 1. The quantitative estimate of drug-likeness (QED) is 0.379. The van der Waals surface area contributed by atoms with E-state index in [4.69, 9.17) is 15.4 Å². The molecule has 2 unspecified atom stereocenters. The molecule has 0 rings (SSSR count). The Bertz CT molecular complexity index is 303. The molecule has 0 aromatic rings. The van der Waals surface area contributed by atoms with Crippen molar-refractivity contribution >= 4 is 16.0 Å². The van der Waals surface area contributed by atoms with Crippen LogP contribution in [0.1, 0.15) is 6.92 Å². The fourth-order valence-corrected chi connectivity index (χ4v) is 1.47. The molecule has 0 saturated heterocycles. The summed E-state index contributed by atoms with van der Waals surface area (Å²) >= 11 is 0. The van der Waals surface area contributed by atoms with Gasteiger partial charge in [-0.3, -0.25) is 9.35 Å². The molecule has 0 aromatic carbocycles. The molecule has 0 fully saturated rings. The van der Waals surface area contributed by atoms with Gasteiger partial charge in [-0.2, -0.15) is 8.42 Å². The molecule has 2 atom stereocenters. The average molecular weight is 240 g/mol. The Morgan fingerprint density at radius 2 is 2.00 bits per heavy atom. The highest BCUT2D eigenvalue weighted by atomic mass is 32.2. The lowest BCUT2D eigenvalue weighted by Gasteiger charge is -2.12. The van der Waals surface area contributed by atoms with E-state index in [1.807, 2.05) is 0 Å². The number of aliphatic hydroxyl groups excluding tert-OH is 1. The van der Waals surface area contributed by atoms with Crippen LogP contribution in [0.15, 0.2) is 0 Å². The molecule has 90 valence electrons. The Kier molecular flexibility index (Phi) is 5.73.